The van der Waals surface area contributed by atoms with Crippen LogP contribution < -0.4 is 9.64 Å². The van der Waals surface area contributed by atoms with Crippen molar-refractivity contribution in [3.8, 4) is 5.75 Å². The number of imide groups is 1. The van der Waals surface area contributed by atoms with Crippen molar-refractivity contribution in [2.24, 2.45) is 23.7 Å². The molecule has 2 heterocycles. The molecule has 0 N–H and O–H groups in total. The molecule has 0 bridgehead atoms. The van der Waals surface area contributed by atoms with Gasteiger partial charge in [0.05, 0.1) is 23.4 Å². The molecule has 3 fully saturated rings. The van der Waals surface area contributed by atoms with Crippen molar-refractivity contribution >= 4 is 29.4 Å². The number of amides is 3. The van der Waals surface area contributed by atoms with E-state index in [-0.39, 0.29) is 36.0 Å². The standard InChI is InChI=1S/C28H30N2O5/c1-17-8-10-22-23(12-17)27(33)30(26(22)32)24-11-9-21(13-18(24)2)35-28(34)20-14-25(31)29(16-20)15-19-6-4-3-5-7-19/h3-7,9,11,13,17,20,22-23H,8,10,12,14-16H2,1-2H3/t17-,20-,22-,23+/m1/s1. The van der Waals surface area contributed by atoms with Crippen LogP contribution in [0.5, 0.6) is 5.75 Å². The van der Waals surface area contributed by atoms with Crippen LogP contribution in [0.2, 0.25) is 0 Å². The quantitative estimate of drug-likeness (QED) is 0.373. The van der Waals surface area contributed by atoms with Crippen molar-refractivity contribution in [3.63, 3.8) is 0 Å². The molecule has 0 aromatic heterocycles. The lowest BCUT2D eigenvalue weighted by Crippen LogP contribution is -2.31. The molecule has 0 radical (unpaired) electrons. The zero-order valence-corrected chi connectivity index (χ0v) is 20.1. The van der Waals surface area contributed by atoms with Crippen LogP contribution in [0.4, 0.5) is 5.69 Å². The number of ether oxygens (including phenoxy) is 1. The van der Waals surface area contributed by atoms with Crippen LogP contribution in [-0.2, 0) is 25.7 Å². The lowest BCUT2D eigenvalue weighted by Gasteiger charge is -2.25. The Morgan fingerprint density at radius 2 is 1.74 bits per heavy atom. The second kappa shape index (κ2) is 9.29. The fraction of sp³-hybridized carbons (Fsp3) is 0.429. The van der Waals surface area contributed by atoms with Crippen LogP contribution in [0.1, 0.15) is 43.7 Å². The Morgan fingerprint density at radius 3 is 2.49 bits per heavy atom. The summed E-state index contributed by atoms with van der Waals surface area (Å²) in [6.07, 6.45) is 2.60. The van der Waals surface area contributed by atoms with E-state index < -0.39 is 11.9 Å². The predicted octanol–water partition coefficient (Wildman–Crippen LogP) is 3.87. The van der Waals surface area contributed by atoms with Crippen LogP contribution in [0, 0.1) is 30.6 Å². The average molecular weight is 475 g/mol. The third kappa shape index (κ3) is 4.47. The van der Waals surface area contributed by atoms with E-state index >= 15 is 0 Å². The Kier molecular flexibility index (Phi) is 6.17. The number of likely N-dealkylation sites (tertiary alicyclic amines) is 1. The third-order valence-electron chi connectivity index (χ3n) is 7.58. The summed E-state index contributed by atoms with van der Waals surface area (Å²) in [6.45, 7) is 4.72. The Balaban J connectivity index is 1.25. The zero-order valence-electron chi connectivity index (χ0n) is 20.1. The van der Waals surface area contributed by atoms with Gasteiger partial charge >= 0.3 is 5.97 Å². The topological polar surface area (TPSA) is 84.0 Å². The highest BCUT2D eigenvalue weighted by molar-refractivity contribution is 6.22. The molecule has 2 aromatic carbocycles. The van der Waals surface area contributed by atoms with E-state index in [1.165, 1.54) is 4.90 Å². The Morgan fingerprint density at radius 1 is 1.00 bits per heavy atom. The van der Waals surface area contributed by atoms with Crippen molar-refractivity contribution in [2.45, 2.75) is 46.1 Å². The van der Waals surface area contributed by atoms with E-state index in [9.17, 15) is 19.2 Å². The van der Waals surface area contributed by atoms with Crippen LogP contribution in [0.25, 0.3) is 0 Å². The molecular formula is C28H30N2O5. The summed E-state index contributed by atoms with van der Waals surface area (Å²) in [7, 11) is 0. The van der Waals surface area contributed by atoms with E-state index in [1.54, 1.807) is 30.0 Å². The van der Waals surface area contributed by atoms with Gasteiger partial charge in [0.2, 0.25) is 17.7 Å². The summed E-state index contributed by atoms with van der Waals surface area (Å²) in [5.74, 6) is -0.963. The fourth-order valence-corrected chi connectivity index (χ4v) is 5.66. The minimum atomic E-state index is -0.530. The summed E-state index contributed by atoms with van der Waals surface area (Å²) >= 11 is 0. The van der Waals surface area contributed by atoms with Crippen LogP contribution >= 0.6 is 0 Å². The first-order valence-electron chi connectivity index (χ1n) is 12.3. The molecule has 1 aliphatic carbocycles. The molecule has 2 aliphatic heterocycles. The maximum atomic E-state index is 13.1. The number of anilines is 1. The van der Waals surface area contributed by atoms with E-state index in [1.807, 2.05) is 30.3 Å². The molecule has 35 heavy (non-hydrogen) atoms. The first-order chi connectivity index (χ1) is 16.8. The van der Waals surface area contributed by atoms with Crippen molar-refractivity contribution in [1.82, 2.24) is 4.90 Å². The minimum absolute atomic E-state index is 0.0656. The van der Waals surface area contributed by atoms with Gasteiger partial charge in [0.25, 0.3) is 0 Å². The Bertz CT molecular complexity index is 1180. The normalized spacial score (nSPS) is 26.3. The Labute approximate surface area is 205 Å². The van der Waals surface area contributed by atoms with Gasteiger partial charge in [-0.3, -0.25) is 19.2 Å². The largest absolute Gasteiger partial charge is 0.426 e. The monoisotopic (exact) mass is 474 g/mol. The van der Waals surface area contributed by atoms with Gasteiger partial charge in [-0.1, -0.05) is 37.3 Å². The van der Waals surface area contributed by atoms with Gasteiger partial charge in [-0.25, -0.2) is 4.90 Å². The number of hydrogen-bond donors (Lipinski definition) is 0. The molecule has 1 saturated carbocycles. The molecule has 2 aromatic rings. The van der Waals surface area contributed by atoms with Gasteiger partial charge in [0, 0.05) is 19.5 Å². The van der Waals surface area contributed by atoms with E-state index in [0.29, 0.717) is 36.0 Å². The number of aryl methyl sites for hydroxylation is 1. The second-order valence-electron chi connectivity index (χ2n) is 10.2. The molecule has 0 spiro atoms. The van der Waals surface area contributed by atoms with Crippen molar-refractivity contribution in [3.05, 3.63) is 59.7 Å². The van der Waals surface area contributed by atoms with Gasteiger partial charge in [-0.15, -0.1) is 0 Å². The molecule has 7 heteroatoms. The molecule has 4 atom stereocenters. The number of nitrogens with zero attached hydrogens (tertiary/aromatic N) is 2. The first-order valence-corrected chi connectivity index (χ1v) is 12.3. The average Bonchev–Trinajstić information content (AvgIpc) is 3.31. The van der Waals surface area contributed by atoms with Crippen LogP contribution in [0.15, 0.2) is 48.5 Å². The molecule has 0 unspecified atom stereocenters. The smallest absolute Gasteiger partial charge is 0.316 e. The summed E-state index contributed by atoms with van der Waals surface area (Å²) in [5.41, 5.74) is 2.25. The number of carbonyl (C=O) groups excluding carboxylic acids is 4. The van der Waals surface area contributed by atoms with Gasteiger partial charge in [0.15, 0.2) is 0 Å². The first kappa shape index (κ1) is 23.3. The molecular weight excluding hydrogens is 444 g/mol. The summed E-state index contributed by atoms with van der Waals surface area (Å²) < 4.78 is 5.60. The third-order valence-corrected chi connectivity index (χ3v) is 7.58. The van der Waals surface area contributed by atoms with Crippen LogP contribution in [0.3, 0.4) is 0 Å². The molecule has 5 rings (SSSR count). The highest BCUT2D eigenvalue weighted by Crippen LogP contribution is 2.43. The molecule has 2 saturated heterocycles. The summed E-state index contributed by atoms with van der Waals surface area (Å²) in [6, 6.07) is 14.6. The van der Waals surface area contributed by atoms with Crippen molar-refractivity contribution < 1.29 is 23.9 Å². The minimum Gasteiger partial charge on any atom is -0.426 e. The van der Waals surface area contributed by atoms with Gasteiger partial charge in [-0.05, 0) is 61.4 Å². The van der Waals surface area contributed by atoms with Gasteiger partial charge in [-0.2, -0.15) is 0 Å². The number of esters is 1. The highest BCUT2D eigenvalue weighted by Gasteiger charge is 2.50. The van der Waals surface area contributed by atoms with E-state index in [4.69, 9.17) is 4.74 Å². The lowest BCUT2D eigenvalue weighted by molar-refractivity contribution is -0.139. The van der Waals surface area contributed by atoms with E-state index in [0.717, 1.165) is 24.8 Å². The Hall–Kier alpha value is -3.48. The number of hydrogen-bond acceptors (Lipinski definition) is 5. The fourth-order valence-electron chi connectivity index (χ4n) is 5.66. The number of fused-ring (bicyclic) bond motifs is 1. The second-order valence-corrected chi connectivity index (χ2v) is 10.2. The maximum Gasteiger partial charge on any atom is 0.316 e. The van der Waals surface area contributed by atoms with Crippen LogP contribution in [-0.4, -0.2) is 35.1 Å². The van der Waals surface area contributed by atoms with Gasteiger partial charge in [0.1, 0.15) is 5.75 Å². The van der Waals surface area contributed by atoms with E-state index in [2.05, 4.69) is 6.92 Å². The molecule has 7 nitrogen and oxygen atoms in total. The summed E-state index contributed by atoms with van der Waals surface area (Å²) in [5, 5.41) is 0. The maximum absolute atomic E-state index is 13.1. The van der Waals surface area contributed by atoms with Crippen molar-refractivity contribution in [1.29, 1.82) is 0 Å². The SMILES string of the molecule is Cc1cc(OC(=O)[C@@H]2CC(=O)N(Cc3ccccc3)C2)ccc1N1C(=O)[C@H]2C[C@H](C)CC[C@H]2C1=O. The predicted molar refractivity (Wildman–Crippen MR) is 129 cm³/mol. The number of benzene rings is 2. The highest BCUT2D eigenvalue weighted by atomic mass is 16.5. The number of rotatable bonds is 5. The number of carbonyl (C=O) groups is 4. The van der Waals surface area contributed by atoms with Gasteiger partial charge < -0.3 is 9.64 Å². The molecule has 3 aliphatic rings. The zero-order chi connectivity index (χ0) is 24.7. The summed E-state index contributed by atoms with van der Waals surface area (Å²) in [4.78, 5) is 54.3. The molecule has 3 amide bonds. The van der Waals surface area contributed by atoms with Crippen molar-refractivity contribution in [2.75, 3.05) is 11.4 Å². The lowest BCUT2D eigenvalue weighted by atomic mass is 9.76. The molecule has 182 valence electrons.